The molecule has 0 radical (unpaired) electrons. The largest absolute Gasteiger partial charge is 0.493 e. The average Bonchev–Trinajstić information content (AvgIpc) is 2.44. The molecular formula is C17H24O3. The quantitative estimate of drug-likeness (QED) is 0.769. The molecule has 1 N–H and O–H groups in total. The molecule has 0 fully saturated rings. The van der Waals surface area contributed by atoms with E-state index in [1.165, 1.54) is 5.56 Å². The molecule has 3 heteroatoms. The Morgan fingerprint density at radius 3 is 2.60 bits per heavy atom. The van der Waals surface area contributed by atoms with E-state index < -0.39 is 5.97 Å². The predicted molar refractivity (Wildman–Crippen MR) is 82.1 cm³/mol. The Morgan fingerprint density at radius 1 is 1.30 bits per heavy atom. The maximum Gasteiger partial charge on any atom is 0.307 e. The molecule has 0 aliphatic heterocycles. The van der Waals surface area contributed by atoms with E-state index in [2.05, 4.69) is 26.0 Å². The minimum absolute atomic E-state index is 0.0528. The molecule has 20 heavy (non-hydrogen) atoms. The van der Waals surface area contributed by atoms with Gasteiger partial charge < -0.3 is 9.84 Å². The molecule has 0 saturated carbocycles. The SMILES string of the molecule is CCC/C(=C\CC(=O)O)c1cc(CC)ccc1OCC. The van der Waals surface area contributed by atoms with E-state index in [1.807, 2.05) is 19.1 Å². The number of rotatable bonds is 8. The zero-order chi connectivity index (χ0) is 15.0. The molecule has 0 heterocycles. The third kappa shape index (κ3) is 4.72. The van der Waals surface area contributed by atoms with E-state index in [0.717, 1.165) is 36.1 Å². The smallest absolute Gasteiger partial charge is 0.307 e. The molecule has 1 aromatic carbocycles. The average molecular weight is 276 g/mol. The van der Waals surface area contributed by atoms with Crippen LogP contribution in [0.5, 0.6) is 5.75 Å². The van der Waals surface area contributed by atoms with Gasteiger partial charge in [0.25, 0.3) is 0 Å². The van der Waals surface area contributed by atoms with Crippen molar-refractivity contribution in [3.8, 4) is 5.75 Å². The summed E-state index contributed by atoms with van der Waals surface area (Å²) >= 11 is 0. The van der Waals surface area contributed by atoms with Crippen LogP contribution < -0.4 is 4.74 Å². The van der Waals surface area contributed by atoms with Gasteiger partial charge in [0.15, 0.2) is 0 Å². The first-order chi connectivity index (χ1) is 9.62. The van der Waals surface area contributed by atoms with Gasteiger partial charge in [-0.2, -0.15) is 0 Å². The van der Waals surface area contributed by atoms with Gasteiger partial charge in [0.1, 0.15) is 5.75 Å². The second-order valence-corrected chi connectivity index (χ2v) is 4.69. The number of hydrogen-bond acceptors (Lipinski definition) is 2. The zero-order valence-electron chi connectivity index (χ0n) is 12.6. The van der Waals surface area contributed by atoms with Crippen LogP contribution in [0.1, 0.15) is 51.2 Å². The standard InChI is InChI=1S/C17H24O3/c1-4-7-14(9-11-17(18)19)15-12-13(5-2)8-10-16(15)20-6-3/h8-10,12H,4-7,11H2,1-3H3,(H,18,19)/b14-9+. The van der Waals surface area contributed by atoms with Gasteiger partial charge in [-0.25, -0.2) is 0 Å². The normalized spacial score (nSPS) is 11.4. The number of aryl methyl sites for hydroxylation is 1. The van der Waals surface area contributed by atoms with Crippen LogP contribution in [0.15, 0.2) is 24.3 Å². The summed E-state index contributed by atoms with van der Waals surface area (Å²) in [4.78, 5) is 10.8. The van der Waals surface area contributed by atoms with Gasteiger partial charge in [0.05, 0.1) is 13.0 Å². The van der Waals surface area contributed by atoms with Crippen LogP contribution in [0.3, 0.4) is 0 Å². The van der Waals surface area contributed by atoms with Crippen molar-refractivity contribution in [1.82, 2.24) is 0 Å². The molecule has 110 valence electrons. The fourth-order valence-electron chi connectivity index (χ4n) is 2.16. The summed E-state index contributed by atoms with van der Waals surface area (Å²) < 4.78 is 5.68. The fourth-order valence-corrected chi connectivity index (χ4v) is 2.16. The molecule has 0 unspecified atom stereocenters. The van der Waals surface area contributed by atoms with E-state index in [4.69, 9.17) is 9.84 Å². The predicted octanol–water partition coefficient (Wildman–Crippen LogP) is 4.31. The zero-order valence-corrected chi connectivity index (χ0v) is 12.6. The number of carboxylic acids is 1. The molecule has 1 aromatic rings. The Hall–Kier alpha value is -1.77. The first-order valence-electron chi connectivity index (χ1n) is 7.29. The topological polar surface area (TPSA) is 46.5 Å². The summed E-state index contributed by atoms with van der Waals surface area (Å²) in [6.07, 6.45) is 4.66. The van der Waals surface area contributed by atoms with Crippen LogP contribution >= 0.6 is 0 Å². The van der Waals surface area contributed by atoms with Crippen molar-refractivity contribution in [3.63, 3.8) is 0 Å². The number of aliphatic carboxylic acids is 1. The van der Waals surface area contributed by atoms with Gasteiger partial charge in [0.2, 0.25) is 0 Å². The van der Waals surface area contributed by atoms with Gasteiger partial charge in [-0.1, -0.05) is 32.4 Å². The van der Waals surface area contributed by atoms with Crippen molar-refractivity contribution < 1.29 is 14.6 Å². The maximum absolute atomic E-state index is 10.8. The van der Waals surface area contributed by atoms with Crippen molar-refractivity contribution in [1.29, 1.82) is 0 Å². The Morgan fingerprint density at radius 2 is 2.05 bits per heavy atom. The maximum atomic E-state index is 10.8. The second kappa shape index (κ2) is 8.41. The summed E-state index contributed by atoms with van der Waals surface area (Å²) in [7, 11) is 0. The van der Waals surface area contributed by atoms with Crippen molar-refractivity contribution in [2.24, 2.45) is 0 Å². The minimum atomic E-state index is -0.803. The Labute approximate surface area is 121 Å². The Kier molecular flexibility index (Phi) is 6.85. The van der Waals surface area contributed by atoms with Crippen molar-refractivity contribution in [3.05, 3.63) is 35.4 Å². The highest BCUT2D eigenvalue weighted by Crippen LogP contribution is 2.31. The highest BCUT2D eigenvalue weighted by atomic mass is 16.5. The van der Waals surface area contributed by atoms with Gasteiger partial charge in [0, 0.05) is 5.56 Å². The van der Waals surface area contributed by atoms with Gasteiger partial charge >= 0.3 is 5.97 Å². The summed E-state index contributed by atoms with van der Waals surface area (Å²) in [5.74, 6) is 0.0398. The van der Waals surface area contributed by atoms with Crippen LogP contribution in [0, 0.1) is 0 Å². The van der Waals surface area contributed by atoms with E-state index >= 15 is 0 Å². The van der Waals surface area contributed by atoms with Crippen LogP contribution in [0.4, 0.5) is 0 Å². The van der Waals surface area contributed by atoms with Crippen LogP contribution in [-0.4, -0.2) is 17.7 Å². The molecule has 0 aliphatic carbocycles. The first kappa shape index (κ1) is 16.3. The van der Waals surface area contributed by atoms with E-state index in [1.54, 1.807) is 0 Å². The second-order valence-electron chi connectivity index (χ2n) is 4.69. The third-order valence-electron chi connectivity index (χ3n) is 3.14. The van der Waals surface area contributed by atoms with Crippen molar-refractivity contribution in [2.45, 2.75) is 46.5 Å². The number of carboxylic acid groups (broad SMARTS) is 1. The number of hydrogen-bond donors (Lipinski definition) is 1. The van der Waals surface area contributed by atoms with Gasteiger partial charge in [-0.3, -0.25) is 4.79 Å². The van der Waals surface area contributed by atoms with Crippen LogP contribution in [0.25, 0.3) is 5.57 Å². The molecule has 1 rings (SSSR count). The molecule has 0 bridgehead atoms. The fraction of sp³-hybridized carbons (Fsp3) is 0.471. The molecular weight excluding hydrogens is 252 g/mol. The lowest BCUT2D eigenvalue weighted by Crippen LogP contribution is -1.99. The number of allylic oxidation sites excluding steroid dienone is 1. The Balaban J connectivity index is 3.20. The summed E-state index contributed by atoms with van der Waals surface area (Å²) in [6, 6.07) is 6.17. The molecule has 0 spiro atoms. The molecule has 0 aliphatic rings. The number of benzene rings is 1. The molecule has 3 nitrogen and oxygen atoms in total. The van der Waals surface area contributed by atoms with Crippen molar-refractivity contribution in [2.75, 3.05) is 6.61 Å². The molecule has 0 amide bonds. The van der Waals surface area contributed by atoms with Crippen LogP contribution in [0.2, 0.25) is 0 Å². The number of ether oxygens (including phenoxy) is 1. The number of carbonyl (C=O) groups is 1. The lowest BCUT2D eigenvalue weighted by Gasteiger charge is -2.14. The monoisotopic (exact) mass is 276 g/mol. The van der Waals surface area contributed by atoms with Crippen molar-refractivity contribution >= 4 is 11.5 Å². The molecule has 0 atom stereocenters. The Bertz CT molecular complexity index is 475. The van der Waals surface area contributed by atoms with Gasteiger partial charge in [-0.05, 0) is 43.0 Å². The lowest BCUT2D eigenvalue weighted by molar-refractivity contribution is -0.135. The molecule has 0 saturated heterocycles. The molecule has 0 aromatic heterocycles. The minimum Gasteiger partial charge on any atom is -0.493 e. The highest BCUT2D eigenvalue weighted by molar-refractivity contribution is 5.76. The third-order valence-corrected chi connectivity index (χ3v) is 3.14. The van der Waals surface area contributed by atoms with E-state index in [-0.39, 0.29) is 6.42 Å². The summed E-state index contributed by atoms with van der Waals surface area (Å²) in [5, 5.41) is 8.88. The first-order valence-corrected chi connectivity index (χ1v) is 7.29. The van der Waals surface area contributed by atoms with E-state index in [9.17, 15) is 4.79 Å². The van der Waals surface area contributed by atoms with Gasteiger partial charge in [-0.15, -0.1) is 0 Å². The van der Waals surface area contributed by atoms with E-state index in [0.29, 0.717) is 6.61 Å². The van der Waals surface area contributed by atoms with Crippen LogP contribution in [-0.2, 0) is 11.2 Å². The highest BCUT2D eigenvalue weighted by Gasteiger charge is 2.10. The lowest BCUT2D eigenvalue weighted by atomic mass is 9.96. The summed E-state index contributed by atoms with van der Waals surface area (Å²) in [6.45, 7) is 6.77. The summed E-state index contributed by atoms with van der Waals surface area (Å²) in [5.41, 5.74) is 3.34.